The number of rotatable bonds is 7. The van der Waals surface area contributed by atoms with Gasteiger partial charge in [0.1, 0.15) is 5.82 Å². The summed E-state index contributed by atoms with van der Waals surface area (Å²) in [5, 5.41) is 1.87. The Hall–Kier alpha value is -6.42. The van der Waals surface area contributed by atoms with Crippen LogP contribution in [0.2, 0.25) is 0 Å². The van der Waals surface area contributed by atoms with E-state index in [1.54, 1.807) is 0 Å². The fourth-order valence-corrected chi connectivity index (χ4v) is 8.20. The van der Waals surface area contributed by atoms with Crippen molar-refractivity contribution in [3.8, 4) is 39.6 Å². The zero-order valence-electron chi connectivity index (χ0n) is 38.5. The molecule has 0 unspecified atom stereocenters. The van der Waals surface area contributed by atoms with Crippen molar-refractivity contribution in [2.24, 2.45) is 0 Å². The molecule has 0 radical (unpaired) electrons. The number of hydrogen-bond donors (Lipinski definition) is 0. The summed E-state index contributed by atoms with van der Waals surface area (Å²) >= 11 is 0. The molecule has 5 nitrogen and oxygen atoms in total. The van der Waals surface area contributed by atoms with Crippen molar-refractivity contribution in [1.29, 1.82) is 0 Å². The summed E-state index contributed by atoms with van der Waals surface area (Å²) in [5.74, 6) is 1.25. The van der Waals surface area contributed by atoms with Crippen molar-refractivity contribution in [2.75, 3.05) is 9.80 Å². The largest absolute Gasteiger partial charge is 0.509 e. The zero-order chi connectivity index (χ0) is 44.5. The van der Waals surface area contributed by atoms with Gasteiger partial charge in [-0.15, -0.1) is 48.1 Å². The van der Waals surface area contributed by atoms with Gasteiger partial charge >= 0.3 is 0 Å². The number of ether oxygens (including phenoxy) is 1. The Bertz CT molecular complexity index is 3190. The maximum Gasteiger partial charge on any atom is 0.135 e. The van der Waals surface area contributed by atoms with Crippen molar-refractivity contribution < 1.29 is 29.9 Å². The average molecular weight is 990 g/mol. The number of benzene rings is 7. The van der Waals surface area contributed by atoms with Gasteiger partial charge in [-0.3, -0.25) is 0 Å². The number of anilines is 4. The minimum Gasteiger partial charge on any atom is -0.509 e. The second-order valence-corrected chi connectivity index (χ2v) is 17.6. The van der Waals surface area contributed by atoms with Crippen molar-refractivity contribution in [2.45, 2.75) is 52.4 Å². The third-order valence-electron chi connectivity index (χ3n) is 11.4. The van der Waals surface area contributed by atoms with Crippen LogP contribution in [-0.2, 0) is 31.9 Å². The molecule has 0 saturated heterocycles. The summed E-state index contributed by atoms with van der Waals surface area (Å²) in [5.41, 5.74) is 11.0. The Labute approximate surface area is 383 Å². The zero-order valence-corrected chi connectivity index (χ0v) is 37.8. The molecular formula is C56H47N4OPt-3. The number of para-hydroxylation sites is 2. The van der Waals surface area contributed by atoms with Gasteiger partial charge in [-0.25, -0.2) is 4.98 Å². The Kier molecular flexibility index (Phi) is 9.71. The normalized spacial score (nSPS) is 13.4. The Morgan fingerprint density at radius 1 is 0.597 bits per heavy atom. The number of aromatic nitrogens is 2. The molecule has 0 aliphatic carbocycles. The van der Waals surface area contributed by atoms with E-state index >= 15 is 0 Å². The van der Waals surface area contributed by atoms with Crippen LogP contribution in [0.3, 0.4) is 0 Å². The van der Waals surface area contributed by atoms with Gasteiger partial charge in [-0.05, 0) is 68.8 Å². The van der Waals surface area contributed by atoms with Gasteiger partial charge in [0.05, 0.1) is 4.11 Å². The van der Waals surface area contributed by atoms with E-state index in [1.807, 2.05) is 73.9 Å². The van der Waals surface area contributed by atoms with Gasteiger partial charge in [-0.2, -0.15) is 12.1 Å². The second-order valence-electron chi connectivity index (χ2n) is 17.6. The summed E-state index contributed by atoms with van der Waals surface area (Å²) in [6, 6.07) is 59.4. The first-order chi connectivity index (χ1) is 30.8. The first-order valence-corrected chi connectivity index (χ1v) is 20.7. The van der Waals surface area contributed by atoms with Gasteiger partial charge in [0.25, 0.3) is 0 Å². The second kappa shape index (κ2) is 16.1. The number of hydrogen-bond acceptors (Lipinski definition) is 4. The van der Waals surface area contributed by atoms with E-state index in [-0.39, 0.29) is 50.6 Å². The minimum absolute atomic E-state index is 0. The number of fused-ring (bicyclic) bond motifs is 4. The third-order valence-corrected chi connectivity index (χ3v) is 11.4. The minimum atomic E-state index is -0.548. The molecule has 0 spiro atoms. The summed E-state index contributed by atoms with van der Waals surface area (Å²) in [6.07, 6.45) is -0.172. The summed E-state index contributed by atoms with van der Waals surface area (Å²) < 4.78 is 35.2. The van der Waals surface area contributed by atoms with Gasteiger partial charge in [0.2, 0.25) is 0 Å². The molecule has 1 aliphatic heterocycles. The van der Waals surface area contributed by atoms with Crippen LogP contribution in [0.4, 0.5) is 22.7 Å². The maximum atomic E-state index is 9.34. The van der Waals surface area contributed by atoms with Crippen LogP contribution in [0.5, 0.6) is 11.5 Å². The Balaban J connectivity index is 0.00000533. The van der Waals surface area contributed by atoms with E-state index in [2.05, 4.69) is 157 Å². The fraction of sp³-hybridized carbons (Fsp3) is 0.143. The van der Waals surface area contributed by atoms with Crippen LogP contribution in [0.25, 0.3) is 49.9 Å². The van der Waals surface area contributed by atoms with Gasteiger partial charge < -0.3 is 19.1 Å². The topological polar surface area (TPSA) is 33.5 Å². The van der Waals surface area contributed by atoms with Gasteiger partial charge in [-0.1, -0.05) is 150 Å². The van der Waals surface area contributed by atoms with Crippen molar-refractivity contribution in [1.82, 2.24) is 9.55 Å². The molecule has 0 N–H and O–H groups in total. The quantitative estimate of drug-likeness (QED) is 0.149. The van der Waals surface area contributed by atoms with Crippen LogP contribution in [0.1, 0.15) is 56.8 Å². The smallest absolute Gasteiger partial charge is 0.135 e. The number of nitrogens with zero attached hydrogens (tertiary/aromatic N) is 4. The van der Waals surface area contributed by atoms with Crippen LogP contribution in [0.15, 0.2) is 170 Å². The van der Waals surface area contributed by atoms with Crippen LogP contribution in [0, 0.1) is 18.8 Å². The molecular weight excluding hydrogens is 940 g/mol. The molecule has 7 aromatic carbocycles. The van der Waals surface area contributed by atoms with Crippen LogP contribution < -0.4 is 14.5 Å². The molecule has 9 aromatic rings. The average Bonchev–Trinajstić information content (AvgIpc) is 3.83. The predicted molar refractivity (Wildman–Crippen MR) is 252 cm³/mol. The van der Waals surface area contributed by atoms with Crippen molar-refractivity contribution in [3.63, 3.8) is 0 Å². The van der Waals surface area contributed by atoms with E-state index in [9.17, 15) is 1.37 Å². The SMILES string of the molecule is [2H]c1nc(-n2c3[c-]c(Oc4[c-]c(N5[CH-]N(c6c(-c7ccccc7)cccc6-c6ccccc6)c6ccc(C(C)(C)C)cc65)ccc4)ccc3c3ccccc32)c([2H])c(C(C)(C)C)c1[2H].[Pt]. The van der Waals surface area contributed by atoms with E-state index in [1.165, 1.54) is 5.56 Å². The van der Waals surface area contributed by atoms with E-state index in [0.29, 0.717) is 22.6 Å². The fourth-order valence-electron chi connectivity index (χ4n) is 8.20. The molecule has 3 heterocycles. The molecule has 310 valence electrons. The summed E-state index contributed by atoms with van der Waals surface area (Å²) in [6.45, 7) is 14.8. The Morgan fingerprint density at radius 3 is 1.94 bits per heavy atom. The summed E-state index contributed by atoms with van der Waals surface area (Å²) in [4.78, 5) is 9.05. The monoisotopic (exact) mass is 989 g/mol. The molecule has 0 amide bonds. The molecule has 10 rings (SSSR count). The molecule has 2 aromatic heterocycles. The predicted octanol–water partition coefficient (Wildman–Crippen LogP) is 14.9. The van der Waals surface area contributed by atoms with Gasteiger partial charge in [0, 0.05) is 72.4 Å². The molecule has 1 aliphatic rings. The first-order valence-electron chi connectivity index (χ1n) is 22.2. The molecule has 0 bridgehead atoms. The molecule has 0 fully saturated rings. The summed E-state index contributed by atoms with van der Waals surface area (Å²) in [7, 11) is 0. The molecule has 0 saturated carbocycles. The number of pyridine rings is 1. The third kappa shape index (κ3) is 7.49. The molecule has 0 atom stereocenters. The standard InChI is InChI=1S/C56H47N4O.Pt/c1-55(2,3)40-27-30-50-52(33-40)58(37-59(50)54-45(38-17-9-7-10-18-38)24-16-25-46(54)39-19-11-8-12-20-39)42-21-15-22-43(35-42)61-44-28-29-48-47-23-13-14-26-49(47)60(51(48)36-44)53-34-41(31-32-57-53)56(4,5)6;/h7-34,37H,1-6H3;/q-3;/i31D,32D,34D;. The van der Waals surface area contributed by atoms with E-state index < -0.39 is 5.41 Å². The van der Waals surface area contributed by atoms with Crippen molar-refractivity contribution in [3.05, 3.63) is 200 Å². The van der Waals surface area contributed by atoms with Crippen molar-refractivity contribution >= 4 is 44.6 Å². The van der Waals surface area contributed by atoms with E-state index in [4.69, 9.17) is 7.48 Å². The van der Waals surface area contributed by atoms with E-state index in [0.717, 1.165) is 61.3 Å². The molecule has 62 heavy (non-hydrogen) atoms. The maximum absolute atomic E-state index is 9.34. The van der Waals surface area contributed by atoms with Gasteiger partial charge in [0.15, 0.2) is 0 Å². The van der Waals surface area contributed by atoms with Crippen LogP contribution >= 0.6 is 0 Å². The Morgan fingerprint density at radius 2 is 1.24 bits per heavy atom. The molecule has 6 heteroatoms. The van der Waals surface area contributed by atoms with Crippen LogP contribution in [-0.4, -0.2) is 9.55 Å². The first kappa shape index (κ1) is 37.3.